The quantitative estimate of drug-likeness (QED) is 0.705. The molecule has 2 atom stereocenters. The Hall–Kier alpha value is -0.740. The third kappa shape index (κ3) is 2.89. The summed E-state index contributed by atoms with van der Waals surface area (Å²) in [4.78, 5) is 10.6. The molecule has 1 unspecified atom stereocenters. The summed E-state index contributed by atoms with van der Waals surface area (Å²) < 4.78 is 35.8. The minimum atomic E-state index is -4.75. The van der Waals surface area contributed by atoms with E-state index in [1.165, 1.54) is 0 Å². The molecule has 14 heavy (non-hydrogen) atoms. The number of hydrogen-bond donors (Lipinski definition) is 1. The molecule has 0 heterocycles. The largest absolute Gasteiger partial charge is 0.471 e. The van der Waals surface area contributed by atoms with Gasteiger partial charge in [0.05, 0.1) is 0 Å². The summed E-state index contributed by atoms with van der Waals surface area (Å²) in [5.74, 6) is -1.66. The first-order valence-corrected chi connectivity index (χ1v) is 4.79. The second kappa shape index (κ2) is 4.19. The maximum atomic E-state index is 11.9. The summed E-state index contributed by atoms with van der Waals surface area (Å²) in [7, 11) is 0. The number of hydrogen-bond acceptors (Lipinski definition) is 1. The van der Waals surface area contributed by atoms with Gasteiger partial charge in [-0.15, -0.1) is 0 Å². The second-order valence-electron chi connectivity index (χ2n) is 3.84. The van der Waals surface area contributed by atoms with Gasteiger partial charge in [-0.1, -0.05) is 19.8 Å². The summed E-state index contributed by atoms with van der Waals surface area (Å²) in [6, 6.07) is -0.308. The highest BCUT2D eigenvalue weighted by molar-refractivity contribution is 5.81. The minimum Gasteiger partial charge on any atom is -0.345 e. The van der Waals surface area contributed by atoms with Crippen molar-refractivity contribution in [2.75, 3.05) is 0 Å². The molecule has 1 saturated carbocycles. The molecule has 0 aliphatic heterocycles. The van der Waals surface area contributed by atoms with Crippen molar-refractivity contribution in [3.63, 3.8) is 0 Å². The van der Waals surface area contributed by atoms with E-state index in [2.05, 4.69) is 0 Å². The van der Waals surface area contributed by atoms with Gasteiger partial charge in [0.2, 0.25) is 0 Å². The fourth-order valence-electron chi connectivity index (χ4n) is 1.78. The van der Waals surface area contributed by atoms with Gasteiger partial charge in [0.15, 0.2) is 0 Å². The number of rotatable bonds is 1. The molecule has 0 aromatic carbocycles. The minimum absolute atomic E-state index is 0.148. The topological polar surface area (TPSA) is 29.1 Å². The first-order valence-electron chi connectivity index (χ1n) is 4.79. The summed E-state index contributed by atoms with van der Waals surface area (Å²) in [5.41, 5.74) is 0. The summed E-state index contributed by atoms with van der Waals surface area (Å²) in [5, 5.41) is 2.04. The Balaban J connectivity index is 2.46. The van der Waals surface area contributed by atoms with Crippen LogP contribution in [0.15, 0.2) is 0 Å². The van der Waals surface area contributed by atoms with Gasteiger partial charge in [-0.2, -0.15) is 13.2 Å². The predicted octanol–water partition coefficient (Wildman–Crippen LogP) is 2.24. The van der Waals surface area contributed by atoms with Gasteiger partial charge >= 0.3 is 12.1 Å². The molecule has 82 valence electrons. The third-order valence-electron chi connectivity index (χ3n) is 2.69. The van der Waals surface area contributed by atoms with E-state index in [4.69, 9.17) is 0 Å². The highest BCUT2D eigenvalue weighted by atomic mass is 19.4. The number of halogens is 3. The van der Waals surface area contributed by atoms with Crippen LogP contribution in [0, 0.1) is 5.92 Å². The van der Waals surface area contributed by atoms with E-state index in [1.54, 1.807) is 0 Å². The zero-order valence-electron chi connectivity index (χ0n) is 8.03. The Morgan fingerprint density at radius 3 is 2.36 bits per heavy atom. The van der Waals surface area contributed by atoms with Crippen LogP contribution >= 0.6 is 0 Å². The van der Waals surface area contributed by atoms with E-state index in [0.29, 0.717) is 6.42 Å². The smallest absolute Gasteiger partial charge is 0.345 e. The average Bonchev–Trinajstić information content (AvgIpc) is 2.07. The lowest BCUT2D eigenvalue weighted by Gasteiger charge is -2.29. The van der Waals surface area contributed by atoms with Crippen LogP contribution in [0.2, 0.25) is 0 Å². The predicted molar refractivity (Wildman–Crippen MR) is 45.6 cm³/mol. The molecular formula is C9H14F3NO. The van der Waals surface area contributed by atoms with Crippen molar-refractivity contribution >= 4 is 5.91 Å². The molecule has 0 spiro atoms. The molecule has 0 saturated heterocycles. The third-order valence-corrected chi connectivity index (χ3v) is 2.69. The normalized spacial score (nSPS) is 28.6. The van der Waals surface area contributed by atoms with Gasteiger partial charge in [0.1, 0.15) is 0 Å². The lowest BCUT2D eigenvalue weighted by Crippen LogP contribution is -2.46. The van der Waals surface area contributed by atoms with Crippen molar-refractivity contribution < 1.29 is 18.0 Å². The molecule has 1 aliphatic rings. The molecular weight excluding hydrogens is 195 g/mol. The first-order chi connectivity index (χ1) is 6.41. The van der Waals surface area contributed by atoms with Crippen LogP contribution in [0.1, 0.15) is 32.6 Å². The molecule has 1 rings (SSSR count). The summed E-state index contributed by atoms with van der Waals surface area (Å²) in [6.45, 7) is 1.88. The molecule has 0 aromatic heterocycles. The van der Waals surface area contributed by atoms with Crippen molar-refractivity contribution in [2.45, 2.75) is 44.8 Å². The Bertz CT molecular complexity index is 215. The van der Waals surface area contributed by atoms with E-state index in [9.17, 15) is 18.0 Å². The Kier molecular flexibility index (Phi) is 3.39. The van der Waals surface area contributed by atoms with E-state index >= 15 is 0 Å². The molecule has 0 bridgehead atoms. The molecule has 5 heteroatoms. The van der Waals surface area contributed by atoms with Crippen LogP contribution in [0.5, 0.6) is 0 Å². The van der Waals surface area contributed by atoms with Crippen molar-refractivity contribution in [3.05, 3.63) is 0 Å². The van der Waals surface area contributed by atoms with Crippen molar-refractivity contribution in [1.82, 2.24) is 5.32 Å². The maximum Gasteiger partial charge on any atom is 0.471 e. The van der Waals surface area contributed by atoms with Gasteiger partial charge in [-0.25, -0.2) is 0 Å². The van der Waals surface area contributed by atoms with E-state index in [1.807, 2.05) is 12.2 Å². The van der Waals surface area contributed by atoms with Gasteiger partial charge in [-0.3, -0.25) is 4.79 Å². The van der Waals surface area contributed by atoms with Gasteiger partial charge < -0.3 is 5.32 Å². The van der Waals surface area contributed by atoms with Gasteiger partial charge in [-0.05, 0) is 18.8 Å². The van der Waals surface area contributed by atoms with Crippen LogP contribution in [-0.4, -0.2) is 18.1 Å². The van der Waals surface area contributed by atoms with Crippen LogP contribution in [0.25, 0.3) is 0 Å². The average molecular weight is 209 g/mol. The molecule has 0 radical (unpaired) electrons. The van der Waals surface area contributed by atoms with Crippen LogP contribution in [0.3, 0.4) is 0 Å². The molecule has 2 nitrogen and oxygen atoms in total. The van der Waals surface area contributed by atoms with Crippen molar-refractivity contribution in [3.8, 4) is 0 Å². The molecule has 1 aliphatic carbocycles. The lowest BCUT2D eigenvalue weighted by atomic mass is 9.86. The fraction of sp³-hybridized carbons (Fsp3) is 0.889. The number of alkyl halides is 3. The van der Waals surface area contributed by atoms with Crippen LogP contribution in [-0.2, 0) is 4.79 Å². The lowest BCUT2D eigenvalue weighted by molar-refractivity contribution is -0.174. The van der Waals surface area contributed by atoms with E-state index in [-0.39, 0.29) is 12.0 Å². The number of carbonyl (C=O) groups excluding carboxylic acids is 1. The zero-order chi connectivity index (χ0) is 10.8. The van der Waals surface area contributed by atoms with Crippen molar-refractivity contribution in [1.29, 1.82) is 0 Å². The van der Waals surface area contributed by atoms with Gasteiger partial charge in [0.25, 0.3) is 0 Å². The Morgan fingerprint density at radius 2 is 1.86 bits per heavy atom. The fourth-order valence-corrected chi connectivity index (χ4v) is 1.78. The van der Waals surface area contributed by atoms with Crippen LogP contribution in [0.4, 0.5) is 13.2 Å². The highest BCUT2D eigenvalue weighted by Gasteiger charge is 2.40. The number of carbonyl (C=O) groups is 1. The standard InChI is InChI=1S/C9H14F3NO/c1-6-4-2-3-5-7(6)13-8(14)9(10,11)12/h6-7H,2-5H2,1H3,(H,13,14)/t6-,7?/m0/s1. The number of nitrogens with one attached hydrogen (secondary N) is 1. The molecule has 0 aromatic rings. The SMILES string of the molecule is C[C@H]1CCCCC1NC(=O)C(F)(F)F. The van der Waals surface area contributed by atoms with E-state index < -0.39 is 12.1 Å². The van der Waals surface area contributed by atoms with Crippen LogP contribution < -0.4 is 5.32 Å². The molecule has 1 amide bonds. The van der Waals surface area contributed by atoms with Gasteiger partial charge in [0, 0.05) is 6.04 Å². The monoisotopic (exact) mass is 209 g/mol. The highest BCUT2D eigenvalue weighted by Crippen LogP contribution is 2.25. The zero-order valence-corrected chi connectivity index (χ0v) is 8.03. The summed E-state index contributed by atoms with van der Waals surface area (Å²) in [6.07, 6.45) is -1.27. The van der Waals surface area contributed by atoms with Crippen molar-refractivity contribution in [2.24, 2.45) is 5.92 Å². The molecule has 1 N–H and O–H groups in total. The Labute approximate surface area is 80.9 Å². The first kappa shape index (κ1) is 11.3. The number of amides is 1. The summed E-state index contributed by atoms with van der Waals surface area (Å²) >= 11 is 0. The molecule has 1 fully saturated rings. The maximum absolute atomic E-state index is 11.9. The van der Waals surface area contributed by atoms with E-state index in [0.717, 1.165) is 19.3 Å². The second-order valence-corrected chi connectivity index (χ2v) is 3.84. The Morgan fingerprint density at radius 1 is 1.29 bits per heavy atom.